The maximum absolute atomic E-state index is 12.1. The Morgan fingerprint density at radius 1 is 1.57 bits per heavy atom. The van der Waals surface area contributed by atoms with Crippen molar-refractivity contribution in [2.45, 2.75) is 25.4 Å². The van der Waals surface area contributed by atoms with E-state index < -0.39 is 0 Å². The molecule has 0 bridgehead atoms. The van der Waals surface area contributed by atoms with E-state index in [0.717, 1.165) is 18.4 Å². The number of hydrogen-bond acceptors (Lipinski definition) is 4. The van der Waals surface area contributed by atoms with E-state index in [1.165, 1.54) is 0 Å². The van der Waals surface area contributed by atoms with Crippen LogP contribution in [0, 0.1) is 11.8 Å². The summed E-state index contributed by atoms with van der Waals surface area (Å²) >= 11 is 0. The highest BCUT2D eigenvalue weighted by Gasteiger charge is 2.24. The van der Waals surface area contributed by atoms with Crippen molar-refractivity contribution in [2.24, 2.45) is 0 Å². The SMILES string of the molecule is COc1ccc(C#CCCO)cc1NC(=O)C1CCCO1. The van der Waals surface area contributed by atoms with Gasteiger partial charge in [-0.3, -0.25) is 4.79 Å². The normalized spacial score (nSPS) is 17.0. The van der Waals surface area contributed by atoms with Crippen LogP contribution >= 0.6 is 0 Å². The fourth-order valence-electron chi connectivity index (χ4n) is 2.10. The predicted octanol–water partition coefficient (Wildman–Crippen LogP) is 1.55. The van der Waals surface area contributed by atoms with Crippen LogP contribution in [-0.4, -0.2) is 37.4 Å². The van der Waals surface area contributed by atoms with Crippen LogP contribution in [0.4, 0.5) is 5.69 Å². The number of benzene rings is 1. The number of rotatable bonds is 4. The van der Waals surface area contributed by atoms with E-state index in [2.05, 4.69) is 17.2 Å². The largest absolute Gasteiger partial charge is 0.495 e. The predicted molar refractivity (Wildman–Crippen MR) is 79.2 cm³/mol. The van der Waals surface area contributed by atoms with Crippen molar-refractivity contribution in [1.82, 2.24) is 0 Å². The molecule has 2 N–H and O–H groups in total. The third-order valence-corrected chi connectivity index (χ3v) is 3.15. The van der Waals surface area contributed by atoms with Gasteiger partial charge >= 0.3 is 0 Å². The van der Waals surface area contributed by atoms with Crippen LogP contribution in [0.25, 0.3) is 0 Å². The minimum absolute atomic E-state index is 0.0335. The summed E-state index contributed by atoms with van der Waals surface area (Å²) in [7, 11) is 1.55. The zero-order valence-electron chi connectivity index (χ0n) is 12.0. The molecule has 1 fully saturated rings. The maximum atomic E-state index is 12.1. The quantitative estimate of drug-likeness (QED) is 0.825. The average Bonchev–Trinajstić information content (AvgIpc) is 3.02. The Balaban J connectivity index is 2.13. The molecule has 1 aromatic carbocycles. The Labute approximate surface area is 124 Å². The molecule has 1 aromatic rings. The number of nitrogens with one attached hydrogen (secondary N) is 1. The average molecular weight is 289 g/mol. The van der Waals surface area contributed by atoms with E-state index in [-0.39, 0.29) is 18.6 Å². The first kappa shape index (κ1) is 15.4. The molecule has 2 rings (SSSR count). The lowest BCUT2D eigenvalue weighted by molar-refractivity contribution is -0.124. The summed E-state index contributed by atoms with van der Waals surface area (Å²) < 4.78 is 10.6. The molecule has 0 spiro atoms. The molecule has 1 atom stereocenters. The lowest BCUT2D eigenvalue weighted by Crippen LogP contribution is -2.27. The van der Waals surface area contributed by atoms with Crippen molar-refractivity contribution in [2.75, 3.05) is 25.6 Å². The molecule has 1 amide bonds. The highest BCUT2D eigenvalue weighted by Crippen LogP contribution is 2.26. The second kappa shape index (κ2) is 7.67. The van der Waals surface area contributed by atoms with Crippen LogP contribution < -0.4 is 10.1 Å². The molecule has 1 unspecified atom stereocenters. The Bertz CT molecular complexity index is 553. The van der Waals surface area contributed by atoms with E-state index in [1.54, 1.807) is 19.2 Å². The van der Waals surface area contributed by atoms with E-state index >= 15 is 0 Å². The Morgan fingerprint density at radius 3 is 3.10 bits per heavy atom. The second-order valence-corrected chi connectivity index (χ2v) is 4.68. The van der Waals surface area contributed by atoms with E-state index in [0.29, 0.717) is 24.5 Å². The zero-order chi connectivity index (χ0) is 15.1. The van der Waals surface area contributed by atoms with Crippen LogP contribution in [-0.2, 0) is 9.53 Å². The Morgan fingerprint density at radius 2 is 2.43 bits per heavy atom. The fraction of sp³-hybridized carbons (Fsp3) is 0.438. The molecule has 0 aromatic heterocycles. The topological polar surface area (TPSA) is 67.8 Å². The van der Waals surface area contributed by atoms with Crippen molar-refractivity contribution in [3.05, 3.63) is 23.8 Å². The third kappa shape index (κ3) is 4.22. The van der Waals surface area contributed by atoms with E-state index in [4.69, 9.17) is 14.6 Å². The molecule has 112 valence electrons. The number of aliphatic hydroxyl groups is 1. The van der Waals surface area contributed by atoms with Gasteiger partial charge in [0.2, 0.25) is 0 Å². The molecule has 5 heteroatoms. The van der Waals surface area contributed by atoms with Gasteiger partial charge in [-0.15, -0.1) is 0 Å². The fourth-order valence-corrected chi connectivity index (χ4v) is 2.10. The van der Waals surface area contributed by atoms with Gasteiger partial charge < -0.3 is 19.9 Å². The van der Waals surface area contributed by atoms with Gasteiger partial charge in [0.15, 0.2) is 0 Å². The van der Waals surface area contributed by atoms with Crippen LogP contribution in [0.1, 0.15) is 24.8 Å². The zero-order valence-corrected chi connectivity index (χ0v) is 12.0. The standard InChI is InChI=1S/C16H19NO4/c1-20-14-8-7-12(5-2-3-9-18)11-13(14)17-16(19)15-6-4-10-21-15/h7-8,11,15,18H,3-4,6,9-10H2,1H3,(H,17,19). The number of anilines is 1. The number of carbonyl (C=O) groups excluding carboxylic acids is 1. The molecule has 1 aliphatic rings. The van der Waals surface area contributed by atoms with Gasteiger partial charge in [-0.1, -0.05) is 11.8 Å². The van der Waals surface area contributed by atoms with Gasteiger partial charge in [0.1, 0.15) is 11.9 Å². The first-order valence-corrected chi connectivity index (χ1v) is 6.95. The number of amides is 1. The molecule has 1 saturated heterocycles. The maximum Gasteiger partial charge on any atom is 0.253 e. The number of ether oxygens (including phenoxy) is 2. The number of carbonyl (C=O) groups is 1. The molecule has 0 radical (unpaired) electrons. The summed E-state index contributed by atoms with van der Waals surface area (Å²) in [5.41, 5.74) is 1.33. The number of aliphatic hydroxyl groups excluding tert-OH is 1. The van der Waals surface area contributed by atoms with Crippen molar-refractivity contribution < 1.29 is 19.4 Å². The van der Waals surface area contributed by atoms with Crippen molar-refractivity contribution in [3.8, 4) is 17.6 Å². The molecular weight excluding hydrogens is 270 g/mol. The number of methoxy groups -OCH3 is 1. The van der Waals surface area contributed by atoms with Gasteiger partial charge in [-0.05, 0) is 31.0 Å². The highest BCUT2D eigenvalue weighted by molar-refractivity contribution is 5.95. The van der Waals surface area contributed by atoms with Crippen molar-refractivity contribution >= 4 is 11.6 Å². The van der Waals surface area contributed by atoms with E-state index in [9.17, 15) is 4.79 Å². The minimum atomic E-state index is -0.390. The van der Waals surface area contributed by atoms with Crippen LogP contribution in [0.3, 0.4) is 0 Å². The van der Waals surface area contributed by atoms with Crippen molar-refractivity contribution in [3.63, 3.8) is 0 Å². The summed E-state index contributed by atoms with van der Waals surface area (Å²) in [4.78, 5) is 12.1. The molecular formula is C16H19NO4. The summed E-state index contributed by atoms with van der Waals surface area (Å²) in [6.45, 7) is 0.660. The summed E-state index contributed by atoms with van der Waals surface area (Å²) in [6, 6.07) is 5.33. The van der Waals surface area contributed by atoms with Crippen LogP contribution in [0.5, 0.6) is 5.75 Å². The lowest BCUT2D eigenvalue weighted by Gasteiger charge is -2.13. The molecule has 5 nitrogen and oxygen atoms in total. The Kier molecular flexibility index (Phi) is 5.61. The molecule has 0 aliphatic carbocycles. The van der Waals surface area contributed by atoms with Gasteiger partial charge in [-0.2, -0.15) is 0 Å². The third-order valence-electron chi connectivity index (χ3n) is 3.15. The Hall–Kier alpha value is -2.03. The molecule has 21 heavy (non-hydrogen) atoms. The number of hydrogen-bond donors (Lipinski definition) is 2. The monoisotopic (exact) mass is 289 g/mol. The smallest absolute Gasteiger partial charge is 0.253 e. The minimum Gasteiger partial charge on any atom is -0.495 e. The molecule has 1 aliphatic heterocycles. The second-order valence-electron chi connectivity index (χ2n) is 4.68. The first-order valence-electron chi connectivity index (χ1n) is 6.95. The summed E-state index contributed by atoms with van der Waals surface area (Å²) in [5.74, 6) is 6.20. The van der Waals surface area contributed by atoms with Gasteiger partial charge in [0, 0.05) is 18.6 Å². The summed E-state index contributed by atoms with van der Waals surface area (Å²) in [6.07, 6.45) is 1.68. The van der Waals surface area contributed by atoms with Gasteiger partial charge in [-0.25, -0.2) is 0 Å². The summed E-state index contributed by atoms with van der Waals surface area (Å²) in [5, 5.41) is 11.6. The molecule has 0 saturated carbocycles. The van der Waals surface area contributed by atoms with Crippen molar-refractivity contribution in [1.29, 1.82) is 0 Å². The van der Waals surface area contributed by atoms with Gasteiger partial charge in [0.05, 0.1) is 19.4 Å². The van der Waals surface area contributed by atoms with Gasteiger partial charge in [0.25, 0.3) is 5.91 Å². The molecule has 1 heterocycles. The van der Waals surface area contributed by atoms with Crippen LogP contribution in [0.2, 0.25) is 0 Å². The highest BCUT2D eigenvalue weighted by atomic mass is 16.5. The first-order chi connectivity index (χ1) is 10.2. The van der Waals surface area contributed by atoms with E-state index in [1.807, 2.05) is 6.07 Å². The van der Waals surface area contributed by atoms with Crippen LogP contribution in [0.15, 0.2) is 18.2 Å². The lowest BCUT2D eigenvalue weighted by atomic mass is 10.1.